The predicted molar refractivity (Wildman–Crippen MR) is 122 cm³/mol. The van der Waals surface area contributed by atoms with E-state index in [2.05, 4.69) is 38.1 Å². The highest BCUT2D eigenvalue weighted by atomic mass is 16.3. The van der Waals surface area contributed by atoms with Crippen LogP contribution in [0, 0.1) is 5.92 Å². The van der Waals surface area contributed by atoms with Gasteiger partial charge in [-0.25, -0.2) is 0 Å². The van der Waals surface area contributed by atoms with Crippen molar-refractivity contribution in [2.24, 2.45) is 5.92 Å². The first-order valence-corrected chi connectivity index (χ1v) is 11.8. The van der Waals surface area contributed by atoms with E-state index in [1.54, 1.807) is 0 Å². The molecule has 168 valence electrons. The number of aliphatic hydroxyl groups excluding tert-OH is 3. The summed E-state index contributed by atoms with van der Waals surface area (Å²) >= 11 is 0. The van der Waals surface area contributed by atoms with Gasteiger partial charge in [0.2, 0.25) is 0 Å². The second kappa shape index (κ2) is 15.8. The highest BCUT2D eigenvalue weighted by Gasteiger charge is 2.26. The van der Waals surface area contributed by atoms with Crippen LogP contribution in [-0.2, 0) is 13.0 Å². The molecule has 0 aliphatic rings. The summed E-state index contributed by atoms with van der Waals surface area (Å²) in [5.74, 6) is 0.843. The fourth-order valence-electron chi connectivity index (χ4n) is 4.17. The van der Waals surface area contributed by atoms with E-state index in [4.69, 9.17) is 0 Å². The van der Waals surface area contributed by atoms with Crippen LogP contribution in [0.15, 0.2) is 24.3 Å². The Balaban J connectivity index is 2.32. The van der Waals surface area contributed by atoms with E-state index in [0.717, 1.165) is 18.9 Å². The van der Waals surface area contributed by atoms with Crippen LogP contribution in [-0.4, -0.2) is 59.3 Å². The smallest absolute Gasteiger partial charge is 0.105 e. The summed E-state index contributed by atoms with van der Waals surface area (Å²) in [6.45, 7) is 7.21. The maximum absolute atomic E-state index is 9.42. The fraction of sp³-hybridized carbons (Fsp3) is 0.760. The van der Waals surface area contributed by atoms with E-state index in [1.165, 1.54) is 62.5 Å². The molecule has 0 aliphatic carbocycles. The summed E-state index contributed by atoms with van der Waals surface area (Å²) in [6.07, 6.45) is 12.0. The lowest BCUT2D eigenvalue weighted by Crippen LogP contribution is -2.52. The van der Waals surface area contributed by atoms with Crippen molar-refractivity contribution in [3.8, 4) is 0 Å². The first-order valence-electron chi connectivity index (χ1n) is 11.8. The molecule has 1 rings (SSSR count). The normalized spacial score (nSPS) is 12.1. The molecule has 0 amide bonds. The summed E-state index contributed by atoms with van der Waals surface area (Å²) < 4.78 is 0.528. The molecule has 0 radical (unpaired) electrons. The number of hydrogen-bond acceptors (Lipinski definition) is 3. The maximum atomic E-state index is 9.42. The van der Waals surface area contributed by atoms with Crippen LogP contribution in [0.1, 0.15) is 76.3 Å². The molecule has 4 heteroatoms. The molecule has 0 aliphatic heterocycles. The van der Waals surface area contributed by atoms with E-state index in [-0.39, 0.29) is 19.8 Å². The average molecular weight is 409 g/mol. The molecule has 0 bridgehead atoms. The third-order valence-electron chi connectivity index (χ3n) is 6.01. The molecule has 0 saturated heterocycles. The van der Waals surface area contributed by atoms with Gasteiger partial charge in [0, 0.05) is 5.56 Å². The standard InChI is InChI=1S/C25H46NO3/c1-23(2)10-8-6-4-3-5-7-9-11-24-12-14-25(15-13-24)22-26(16-19-27,17-20-28)18-21-29/h12-15,23,27-29H,3-11,16-22H2,1-2H3/q+1. The van der Waals surface area contributed by atoms with Crippen LogP contribution in [0.3, 0.4) is 0 Å². The predicted octanol–water partition coefficient (Wildman–Crippen LogP) is 4.30. The Bertz CT molecular complexity index is 484. The molecule has 1 aromatic carbocycles. The molecule has 0 saturated carbocycles. The summed E-state index contributed by atoms with van der Waals surface area (Å²) in [4.78, 5) is 0. The molecule has 3 N–H and O–H groups in total. The van der Waals surface area contributed by atoms with Gasteiger partial charge in [-0.15, -0.1) is 0 Å². The quantitative estimate of drug-likeness (QED) is 0.251. The van der Waals surface area contributed by atoms with Gasteiger partial charge in [-0.3, -0.25) is 0 Å². The van der Waals surface area contributed by atoms with Crippen LogP contribution in [0.5, 0.6) is 0 Å². The van der Waals surface area contributed by atoms with Gasteiger partial charge in [-0.2, -0.15) is 0 Å². The number of unbranched alkanes of at least 4 members (excludes halogenated alkanes) is 6. The van der Waals surface area contributed by atoms with Crippen LogP contribution < -0.4 is 0 Å². The first-order chi connectivity index (χ1) is 14.0. The summed E-state index contributed by atoms with van der Waals surface area (Å²) in [5, 5.41) is 28.3. The van der Waals surface area contributed by atoms with Crippen molar-refractivity contribution in [2.45, 2.75) is 78.2 Å². The van der Waals surface area contributed by atoms with Gasteiger partial charge >= 0.3 is 0 Å². The zero-order chi connectivity index (χ0) is 21.4. The number of aryl methyl sites for hydroxylation is 1. The fourth-order valence-corrected chi connectivity index (χ4v) is 4.17. The SMILES string of the molecule is CC(C)CCCCCCCCCc1ccc(C[N+](CCO)(CCO)CCO)cc1. The minimum Gasteiger partial charge on any atom is -0.391 e. The van der Waals surface area contributed by atoms with E-state index in [0.29, 0.717) is 24.1 Å². The van der Waals surface area contributed by atoms with Crippen molar-refractivity contribution in [3.05, 3.63) is 35.4 Å². The van der Waals surface area contributed by atoms with Gasteiger partial charge in [-0.05, 0) is 24.3 Å². The Kier molecular flexibility index (Phi) is 14.3. The van der Waals surface area contributed by atoms with Crippen LogP contribution >= 0.6 is 0 Å². The molecule has 0 heterocycles. The second-order valence-corrected chi connectivity index (χ2v) is 9.07. The largest absolute Gasteiger partial charge is 0.391 e. The minimum absolute atomic E-state index is 0.0653. The average Bonchev–Trinajstić information content (AvgIpc) is 2.68. The van der Waals surface area contributed by atoms with Gasteiger partial charge in [-0.1, -0.05) is 83.1 Å². The molecular formula is C25H46NO3+. The lowest BCUT2D eigenvalue weighted by molar-refractivity contribution is -0.941. The van der Waals surface area contributed by atoms with Crippen LogP contribution in [0.4, 0.5) is 0 Å². The third kappa shape index (κ3) is 11.7. The van der Waals surface area contributed by atoms with Gasteiger partial charge in [0.1, 0.15) is 26.2 Å². The molecule has 1 aromatic rings. The Hall–Kier alpha value is -0.940. The molecule has 0 aromatic heterocycles. The third-order valence-corrected chi connectivity index (χ3v) is 6.01. The van der Waals surface area contributed by atoms with Crippen molar-refractivity contribution >= 4 is 0 Å². The van der Waals surface area contributed by atoms with Crippen molar-refractivity contribution in [1.82, 2.24) is 0 Å². The van der Waals surface area contributed by atoms with E-state index in [9.17, 15) is 15.3 Å². The number of hydrogen-bond donors (Lipinski definition) is 3. The summed E-state index contributed by atoms with van der Waals surface area (Å²) in [5.41, 5.74) is 2.58. The number of quaternary nitrogens is 1. The zero-order valence-electron chi connectivity index (χ0n) is 19.0. The monoisotopic (exact) mass is 408 g/mol. The topological polar surface area (TPSA) is 60.7 Å². The van der Waals surface area contributed by atoms with Gasteiger partial charge < -0.3 is 19.8 Å². The van der Waals surface area contributed by atoms with Crippen LogP contribution in [0.2, 0.25) is 0 Å². The molecule has 0 atom stereocenters. The second-order valence-electron chi connectivity index (χ2n) is 9.07. The van der Waals surface area contributed by atoms with Gasteiger partial charge in [0.25, 0.3) is 0 Å². The Labute approximate surface area is 179 Å². The summed E-state index contributed by atoms with van der Waals surface area (Å²) in [7, 11) is 0. The van der Waals surface area contributed by atoms with Crippen molar-refractivity contribution < 1.29 is 19.8 Å². The van der Waals surface area contributed by atoms with Gasteiger partial charge in [0.15, 0.2) is 0 Å². The van der Waals surface area contributed by atoms with E-state index < -0.39 is 0 Å². The molecule has 29 heavy (non-hydrogen) atoms. The number of benzene rings is 1. The van der Waals surface area contributed by atoms with E-state index in [1.807, 2.05) is 0 Å². The van der Waals surface area contributed by atoms with Gasteiger partial charge in [0.05, 0.1) is 19.8 Å². The van der Waals surface area contributed by atoms with Crippen molar-refractivity contribution in [3.63, 3.8) is 0 Å². The molecule has 4 nitrogen and oxygen atoms in total. The van der Waals surface area contributed by atoms with E-state index >= 15 is 0 Å². The maximum Gasteiger partial charge on any atom is 0.105 e. The highest BCUT2D eigenvalue weighted by molar-refractivity contribution is 5.22. The van der Waals surface area contributed by atoms with Crippen LogP contribution in [0.25, 0.3) is 0 Å². The summed E-state index contributed by atoms with van der Waals surface area (Å²) in [6, 6.07) is 8.77. The van der Waals surface area contributed by atoms with Crippen molar-refractivity contribution in [2.75, 3.05) is 39.5 Å². The van der Waals surface area contributed by atoms with Crippen molar-refractivity contribution in [1.29, 1.82) is 0 Å². The Morgan fingerprint density at radius 1 is 0.655 bits per heavy atom. The number of rotatable bonds is 18. The molecule has 0 fully saturated rings. The molecular weight excluding hydrogens is 362 g/mol. The number of nitrogens with zero attached hydrogens (tertiary/aromatic N) is 1. The minimum atomic E-state index is 0.0653. The Morgan fingerprint density at radius 3 is 1.59 bits per heavy atom. The Morgan fingerprint density at radius 2 is 1.10 bits per heavy atom. The zero-order valence-corrected chi connectivity index (χ0v) is 19.0. The lowest BCUT2D eigenvalue weighted by Gasteiger charge is -2.37. The lowest BCUT2D eigenvalue weighted by atomic mass is 10.0. The molecule has 0 spiro atoms. The molecule has 0 unspecified atom stereocenters. The highest BCUT2D eigenvalue weighted by Crippen LogP contribution is 2.17. The number of aliphatic hydroxyl groups is 3. The first kappa shape index (κ1) is 26.1.